The fraction of sp³-hybridized carbons (Fsp3) is 0.500. The molecule has 0 aliphatic heterocycles. The molecule has 0 spiro atoms. The van der Waals surface area contributed by atoms with Gasteiger partial charge in [0, 0.05) is 18.7 Å². The van der Waals surface area contributed by atoms with Crippen molar-refractivity contribution in [1.82, 2.24) is 5.32 Å². The number of hydrogen-bond acceptors (Lipinski definition) is 4. The van der Waals surface area contributed by atoms with E-state index in [1.807, 2.05) is 0 Å². The summed E-state index contributed by atoms with van der Waals surface area (Å²) in [7, 11) is 1.44. The molecule has 5 heteroatoms. The van der Waals surface area contributed by atoms with Gasteiger partial charge in [0.05, 0.1) is 26.9 Å². The van der Waals surface area contributed by atoms with E-state index in [0.717, 1.165) is 0 Å². The van der Waals surface area contributed by atoms with Crippen LogP contribution in [0.5, 0.6) is 5.75 Å². The van der Waals surface area contributed by atoms with Crippen LogP contribution in [-0.4, -0.2) is 38.6 Å². The van der Waals surface area contributed by atoms with Crippen molar-refractivity contribution >= 4 is 0 Å². The summed E-state index contributed by atoms with van der Waals surface area (Å²) in [6, 6.07) is 5.05. The van der Waals surface area contributed by atoms with Gasteiger partial charge in [-0.05, 0) is 6.07 Å². The number of halogens is 1. The molecular formula is C12H18FNO3. The highest BCUT2D eigenvalue weighted by Gasteiger charge is 2.07. The Labute approximate surface area is 100 Å². The molecule has 0 fully saturated rings. The fourth-order valence-electron chi connectivity index (χ4n) is 1.38. The molecule has 4 nitrogen and oxygen atoms in total. The number of aliphatic hydroxyl groups is 1. The molecule has 0 amide bonds. The number of hydrogen-bond donors (Lipinski definition) is 2. The average molecular weight is 243 g/mol. The highest BCUT2D eigenvalue weighted by atomic mass is 19.1. The lowest BCUT2D eigenvalue weighted by Gasteiger charge is -2.08. The molecule has 0 aliphatic rings. The summed E-state index contributed by atoms with van der Waals surface area (Å²) in [5, 5.41) is 11.5. The third kappa shape index (κ3) is 4.68. The zero-order valence-corrected chi connectivity index (χ0v) is 9.91. The minimum atomic E-state index is -0.334. The van der Waals surface area contributed by atoms with E-state index in [9.17, 15) is 4.39 Å². The summed E-state index contributed by atoms with van der Waals surface area (Å²) in [5.41, 5.74) is 0.562. The minimum absolute atomic E-state index is 0.0184. The Bertz CT molecular complexity index is 334. The number of nitrogens with one attached hydrogen (secondary N) is 1. The van der Waals surface area contributed by atoms with Crippen LogP contribution in [0.3, 0.4) is 0 Å². The predicted molar refractivity (Wildman–Crippen MR) is 62.6 cm³/mol. The summed E-state index contributed by atoms with van der Waals surface area (Å²) < 4.78 is 23.6. The Kier molecular flexibility index (Phi) is 6.54. The van der Waals surface area contributed by atoms with Crippen LogP contribution >= 0.6 is 0 Å². The van der Waals surface area contributed by atoms with Gasteiger partial charge >= 0.3 is 0 Å². The Balaban J connectivity index is 2.31. The molecule has 0 heterocycles. The first-order valence-corrected chi connectivity index (χ1v) is 5.50. The lowest BCUT2D eigenvalue weighted by Crippen LogP contribution is -2.20. The number of aliphatic hydroxyl groups excluding tert-OH is 1. The Morgan fingerprint density at radius 2 is 2.18 bits per heavy atom. The van der Waals surface area contributed by atoms with Crippen LogP contribution in [0.4, 0.5) is 4.39 Å². The normalized spacial score (nSPS) is 10.5. The quantitative estimate of drug-likeness (QED) is 0.667. The molecule has 0 saturated heterocycles. The van der Waals surface area contributed by atoms with Crippen molar-refractivity contribution in [2.45, 2.75) is 6.54 Å². The maximum atomic E-state index is 13.7. The fourth-order valence-corrected chi connectivity index (χ4v) is 1.38. The van der Waals surface area contributed by atoms with Crippen LogP contribution in [0, 0.1) is 5.82 Å². The van der Waals surface area contributed by atoms with Crippen molar-refractivity contribution in [2.24, 2.45) is 0 Å². The zero-order chi connectivity index (χ0) is 12.5. The number of methoxy groups -OCH3 is 1. The second kappa shape index (κ2) is 8.00. The molecule has 0 aliphatic carbocycles. The Hall–Kier alpha value is -1.17. The molecule has 96 valence electrons. The van der Waals surface area contributed by atoms with E-state index in [1.165, 1.54) is 7.11 Å². The van der Waals surface area contributed by atoms with E-state index in [1.54, 1.807) is 18.2 Å². The maximum Gasteiger partial charge on any atom is 0.169 e. The van der Waals surface area contributed by atoms with E-state index in [0.29, 0.717) is 31.9 Å². The average Bonchev–Trinajstić information content (AvgIpc) is 2.35. The molecule has 1 rings (SSSR count). The van der Waals surface area contributed by atoms with Gasteiger partial charge in [-0.1, -0.05) is 12.1 Å². The summed E-state index contributed by atoms with van der Waals surface area (Å²) in [4.78, 5) is 0. The van der Waals surface area contributed by atoms with Gasteiger partial charge in [-0.3, -0.25) is 0 Å². The highest BCUT2D eigenvalue weighted by Crippen LogP contribution is 2.19. The smallest absolute Gasteiger partial charge is 0.169 e. The van der Waals surface area contributed by atoms with Crippen molar-refractivity contribution in [3.05, 3.63) is 29.6 Å². The van der Waals surface area contributed by atoms with E-state index in [-0.39, 0.29) is 18.2 Å². The molecule has 0 bridgehead atoms. The monoisotopic (exact) mass is 243 g/mol. The van der Waals surface area contributed by atoms with Crippen LogP contribution in [0.25, 0.3) is 0 Å². The second-order valence-corrected chi connectivity index (χ2v) is 3.45. The van der Waals surface area contributed by atoms with Crippen molar-refractivity contribution in [1.29, 1.82) is 0 Å². The van der Waals surface area contributed by atoms with E-state index < -0.39 is 0 Å². The van der Waals surface area contributed by atoms with Gasteiger partial charge in [0.1, 0.15) is 0 Å². The molecule has 2 N–H and O–H groups in total. The van der Waals surface area contributed by atoms with Gasteiger partial charge in [0.15, 0.2) is 11.6 Å². The molecule has 0 saturated carbocycles. The Morgan fingerprint density at radius 3 is 2.88 bits per heavy atom. The van der Waals surface area contributed by atoms with Crippen LogP contribution < -0.4 is 10.1 Å². The first kappa shape index (κ1) is 13.9. The Morgan fingerprint density at radius 1 is 1.35 bits per heavy atom. The van der Waals surface area contributed by atoms with Crippen LogP contribution in [0.15, 0.2) is 18.2 Å². The van der Waals surface area contributed by atoms with Crippen molar-refractivity contribution < 1.29 is 19.0 Å². The standard InChI is InChI=1S/C12H18FNO3/c1-16-11-4-2-3-10(12(11)13)9-14-5-7-17-8-6-15/h2-4,14-15H,5-9H2,1H3. The topological polar surface area (TPSA) is 50.7 Å². The summed E-state index contributed by atoms with van der Waals surface area (Å²) in [5.74, 6) is -0.0837. The lowest BCUT2D eigenvalue weighted by molar-refractivity contribution is 0.0937. The van der Waals surface area contributed by atoms with E-state index in [4.69, 9.17) is 14.6 Å². The second-order valence-electron chi connectivity index (χ2n) is 3.45. The number of benzene rings is 1. The van der Waals surface area contributed by atoms with Gasteiger partial charge in [-0.25, -0.2) is 4.39 Å². The third-order valence-electron chi connectivity index (χ3n) is 2.24. The van der Waals surface area contributed by atoms with Gasteiger partial charge in [-0.15, -0.1) is 0 Å². The minimum Gasteiger partial charge on any atom is -0.494 e. The van der Waals surface area contributed by atoms with Crippen molar-refractivity contribution in [3.63, 3.8) is 0 Å². The molecule has 1 aromatic carbocycles. The first-order valence-electron chi connectivity index (χ1n) is 5.50. The molecule has 17 heavy (non-hydrogen) atoms. The van der Waals surface area contributed by atoms with Gasteiger partial charge < -0.3 is 19.9 Å². The maximum absolute atomic E-state index is 13.7. The highest BCUT2D eigenvalue weighted by molar-refractivity contribution is 5.30. The third-order valence-corrected chi connectivity index (χ3v) is 2.24. The summed E-state index contributed by atoms with van der Waals surface area (Å²) in [6.45, 7) is 1.87. The molecule has 1 aromatic rings. The summed E-state index contributed by atoms with van der Waals surface area (Å²) in [6.07, 6.45) is 0. The van der Waals surface area contributed by atoms with Gasteiger partial charge in [0.25, 0.3) is 0 Å². The largest absolute Gasteiger partial charge is 0.494 e. The lowest BCUT2D eigenvalue weighted by atomic mass is 10.2. The molecular weight excluding hydrogens is 225 g/mol. The number of rotatable bonds is 8. The van der Waals surface area contributed by atoms with Crippen LogP contribution in [-0.2, 0) is 11.3 Å². The first-order chi connectivity index (χ1) is 8.29. The van der Waals surface area contributed by atoms with Crippen LogP contribution in [0.2, 0.25) is 0 Å². The van der Waals surface area contributed by atoms with E-state index in [2.05, 4.69) is 5.32 Å². The van der Waals surface area contributed by atoms with E-state index >= 15 is 0 Å². The van der Waals surface area contributed by atoms with Gasteiger partial charge in [0.2, 0.25) is 0 Å². The molecule has 0 atom stereocenters. The molecule has 0 radical (unpaired) electrons. The van der Waals surface area contributed by atoms with Crippen molar-refractivity contribution in [2.75, 3.05) is 33.5 Å². The summed E-state index contributed by atoms with van der Waals surface area (Å²) >= 11 is 0. The predicted octanol–water partition coefficient (Wildman–Crippen LogP) is 0.933. The number of ether oxygens (including phenoxy) is 2. The zero-order valence-electron chi connectivity index (χ0n) is 9.91. The van der Waals surface area contributed by atoms with Gasteiger partial charge in [-0.2, -0.15) is 0 Å². The SMILES string of the molecule is COc1cccc(CNCCOCCO)c1F. The molecule has 0 unspecified atom stereocenters. The van der Waals surface area contributed by atoms with Crippen molar-refractivity contribution in [3.8, 4) is 5.75 Å². The molecule has 0 aromatic heterocycles. The van der Waals surface area contributed by atoms with Crippen LogP contribution in [0.1, 0.15) is 5.56 Å².